The molecular formula is C24H32FN5O4. The van der Waals surface area contributed by atoms with E-state index in [1.807, 2.05) is 0 Å². The van der Waals surface area contributed by atoms with Crippen molar-refractivity contribution in [3.05, 3.63) is 59.4 Å². The van der Waals surface area contributed by atoms with Gasteiger partial charge in [0.05, 0.1) is 26.0 Å². The Morgan fingerprint density at radius 2 is 2.15 bits per heavy atom. The van der Waals surface area contributed by atoms with Crippen molar-refractivity contribution in [3.8, 4) is 0 Å². The molecular weight excluding hydrogens is 441 g/mol. The summed E-state index contributed by atoms with van der Waals surface area (Å²) in [6.07, 6.45) is 6.80. The number of carbonyl (C=O) groups excluding carboxylic acids is 2. The van der Waals surface area contributed by atoms with Crippen LogP contribution in [0.15, 0.2) is 64.4 Å². The van der Waals surface area contributed by atoms with Crippen LogP contribution in [-0.2, 0) is 14.3 Å². The first-order chi connectivity index (χ1) is 16.5. The molecule has 0 radical (unpaired) electrons. The molecule has 0 aliphatic carbocycles. The molecule has 34 heavy (non-hydrogen) atoms. The summed E-state index contributed by atoms with van der Waals surface area (Å²) < 4.78 is 18.2. The van der Waals surface area contributed by atoms with Gasteiger partial charge in [-0.2, -0.15) is 0 Å². The molecule has 3 N–H and O–H groups in total. The average molecular weight is 474 g/mol. The van der Waals surface area contributed by atoms with Crippen LogP contribution in [-0.4, -0.2) is 98.4 Å². The van der Waals surface area contributed by atoms with Crippen LogP contribution in [0.1, 0.15) is 6.42 Å². The lowest BCUT2D eigenvalue weighted by Crippen LogP contribution is -2.47. The number of aliphatic imine (C=N–C) groups is 1. The minimum Gasteiger partial charge on any atom is -0.509 e. The van der Waals surface area contributed by atoms with E-state index >= 15 is 0 Å². The molecule has 0 atom stereocenters. The van der Waals surface area contributed by atoms with Gasteiger partial charge in [-0.05, 0) is 11.6 Å². The molecule has 3 rings (SSSR count). The molecule has 0 aromatic rings. The normalized spacial score (nSPS) is 24.8. The van der Waals surface area contributed by atoms with Gasteiger partial charge in [-0.3, -0.25) is 19.5 Å². The number of fused-ring (bicyclic) bond motifs is 2. The molecule has 0 aromatic heterocycles. The van der Waals surface area contributed by atoms with Crippen LogP contribution in [0.5, 0.6) is 0 Å². The van der Waals surface area contributed by atoms with E-state index in [2.05, 4.69) is 27.1 Å². The van der Waals surface area contributed by atoms with Gasteiger partial charge in [-0.1, -0.05) is 18.7 Å². The highest BCUT2D eigenvalue weighted by Crippen LogP contribution is 2.22. The number of carbonyl (C=O) groups is 2. The summed E-state index contributed by atoms with van der Waals surface area (Å²) in [7, 11) is 0. The number of aliphatic hydroxyl groups excluding tert-OH is 1. The molecule has 2 fully saturated rings. The van der Waals surface area contributed by atoms with Crippen molar-refractivity contribution >= 4 is 18.0 Å². The Kier molecular flexibility index (Phi) is 9.60. The zero-order chi connectivity index (χ0) is 24.3. The summed E-state index contributed by atoms with van der Waals surface area (Å²) in [5.41, 5.74) is 1.13. The maximum atomic E-state index is 13.2. The number of amides is 2. The SMILES string of the molecule is C=C/C(=C\C=C\F)C/C1=C2/CN(CCO2)C(=O)/C(C(=O)NCCN2CCNCC2)=C(/O)CN=C1. The highest BCUT2D eigenvalue weighted by Gasteiger charge is 2.31. The fraction of sp³-hybridized carbons (Fsp3) is 0.458. The van der Waals surface area contributed by atoms with Gasteiger partial charge in [-0.25, -0.2) is 4.39 Å². The Morgan fingerprint density at radius 3 is 2.88 bits per heavy atom. The number of ether oxygens (including phenoxy) is 1. The van der Waals surface area contributed by atoms with Crippen LogP contribution >= 0.6 is 0 Å². The van der Waals surface area contributed by atoms with E-state index in [-0.39, 0.29) is 37.6 Å². The molecule has 0 aromatic carbocycles. The molecule has 0 spiro atoms. The number of hydrogen-bond acceptors (Lipinski definition) is 7. The third kappa shape index (κ3) is 6.88. The van der Waals surface area contributed by atoms with Crippen LogP contribution in [0.4, 0.5) is 4.39 Å². The van der Waals surface area contributed by atoms with Crippen LogP contribution in [0.25, 0.3) is 0 Å². The summed E-state index contributed by atoms with van der Waals surface area (Å²) in [6, 6.07) is 0. The predicted octanol–water partition coefficient (Wildman–Crippen LogP) is 1.00. The molecule has 2 bridgehead atoms. The van der Waals surface area contributed by atoms with Gasteiger partial charge in [-0.15, -0.1) is 0 Å². The summed E-state index contributed by atoms with van der Waals surface area (Å²) in [5, 5.41) is 16.7. The van der Waals surface area contributed by atoms with E-state index in [4.69, 9.17) is 4.74 Å². The van der Waals surface area contributed by atoms with Crippen LogP contribution < -0.4 is 10.6 Å². The smallest absolute Gasteiger partial charge is 0.263 e. The standard InChI is InChI=1S/C24H32FN5O4/c1-2-18(4-3-5-25)14-19-15-27-16-20(31)22(24(33)30-12-13-34-21(19)17-30)23(32)28-8-11-29-9-6-26-7-10-29/h2-5,15,26,31H,1,6-14,16-17H2,(H,28,32)/b5-3+,18-4+,21-19+,22-20+,27-15?. The summed E-state index contributed by atoms with van der Waals surface area (Å²) >= 11 is 0. The van der Waals surface area contributed by atoms with E-state index in [0.717, 1.165) is 31.8 Å². The third-order valence-corrected chi connectivity index (χ3v) is 5.80. The molecule has 0 saturated carbocycles. The van der Waals surface area contributed by atoms with Crippen molar-refractivity contribution < 1.29 is 23.8 Å². The van der Waals surface area contributed by atoms with E-state index in [9.17, 15) is 19.1 Å². The quantitative estimate of drug-likeness (QED) is 0.359. The Morgan fingerprint density at radius 1 is 1.35 bits per heavy atom. The number of halogens is 1. The zero-order valence-corrected chi connectivity index (χ0v) is 19.3. The van der Waals surface area contributed by atoms with Gasteiger partial charge in [0.25, 0.3) is 11.8 Å². The number of aliphatic hydroxyl groups is 1. The number of morpholine rings is 1. The van der Waals surface area contributed by atoms with Crippen LogP contribution in [0, 0.1) is 0 Å². The van der Waals surface area contributed by atoms with Crippen molar-refractivity contribution in [2.75, 3.05) is 65.5 Å². The number of piperazine rings is 1. The summed E-state index contributed by atoms with van der Waals surface area (Å²) in [4.78, 5) is 34.1. The first-order valence-electron chi connectivity index (χ1n) is 11.4. The second-order valence-corrected chi connectivity index (χ2v) is 8.10. The molecule has 0 unspecified atom stereocenters. The molecule has 10 heteroatoms. The topological polar surface area (TPSA) is 106 Å². The second-order valence-electron chi connectivity index (χ2n) is 8.10. The van der Waals surface area contributed by atoms with Crippen molar-refractivity contribution in [3.63, 3.8) is 0 Å². The van der Waals surface area contributed by atoms with Gasteiger partial charge in [0.2, 0.25) is 0 Å². The van der Waals surface area contributed by atoms with Gasteiger partial charge in [0.1, 0.15) is 23.7 Å². The Balaban J connectivity index is 1.76. The predicted molar refractivity (Wildman–Crippen MR) is 128 cm³/mol. The second kappa shape index (κ2) is 12.9. The molecule has 184 valence electrons. The minimum absolute atomic E-state index is 0.133. The Bertz CT molecular complexity index is 932. The van der Waals surface area contributed by atoms with Crippen LogP contribution in [0.2, 0.25) is 0 Å². The van der Waals surface area contributed by atoms with E-state index < -0.39 is 11.8 Å². The molecule has 9 nitrogen and oxygen atoms in total. The minimum atomic E-state index is -0.611. The van der Waals surface area contributed by atoms with Crippen molar-refractivity contribution in [2.45, 2.75) is 6.42 Å². The molecule has 2 saturated heterocycles. The fourth-order valence-electron chi connectivity index (χ4n) is 3.92. The highest BCUT2D eigenvalue weighted by molar-refractivity contribution is 6.19. The average Bonchev–Trinajstić information content (AvgIpc) is 2.86. The van der Waals surface area contributed by atoms with Gasteiger partial charge in [0.15, 0.2) is 0 Å². The zero-order valence-electron chi connectivity index (χ0n) is 19.3. The fourth-order valence-corrected chi connectivity index (χ4v) is 3.92. The summed E-state index contributed by atoms with van der Waals surface area (Å²) in [5.74, 6) is -1.01. The maximum Gasteiger partial charge on any atom is 0.263 e. The molecule has 3 aliphatic rings. The lowest BCUT2D eigenvalue weighted by molar-refractivity contribution is -0.132. The number of rotatable bonds is 8. The highest BCUT2D eigenvalue weighted by atomic mass is 19.1. The van der Waals surface area contributed by atoms with Crippen molar-refractivity contribution in [2.24, 2.45) is 4.99 Å². The van der Waals surface area contributed by atoms with Gasteiger partial charge in [0, 0.05) is 57.5 Å². The lowest BCUT2D eigenvalue weighted by atomic mass is 10.0. The third-order valence-electron chi connectivity index (χ3n) is 5.80. The van der Waals surface area contributed by atoms with E-state index in [0.29, 0.717) is 37.2 Å². The summed E-state index contributed by atoms with van der Waals surface area (Å²) in [6.45, 7) is 8.82. The van der Waals surface area contributed by atoms with Gasteiger partial charge < -0.3 is 25.4 Å². The van der Waals surface area contributed by atoms with E-state index in [1.54, 1.807) is 18.4 Å². The Hall–Kier alpha value is -3.24. The first-order valence-corrected chi connectivity index (χ1v) is 11.4. The van der Waals surface area contributed by atoms with E-state index in [1.165, 1.54) is 11.0 Å². The molecule has 3 aliphatic heterocycles. The molecule has 3 heterocycles. The first kappa shape index (κ1) is 25.4. The lowest BCUT2D eigenvalue weighted by Gasteiger charge is -2.31. The van der Waals surface area contributed by atoms with Crippen molar-refractivity contribution in [1.82, 2.24) is 20.4 Å². The largest absolute Gasteiger partial charge is 0.509 e. The van der Waals surface area contributed by atoms with Gasteiger partial charge >= 0.3 is 0 Å². The Labute approximate surface area is 199 Å². The number of nitrogens with zero attached hydrogens (tertiary/aromatic N) is 3. The number of nitrogens with one attached hydrogen (secondary N) is 2. The van der Waals surface area contributed by atoms with Crippen LogP contribution in [0.3, 0.4) is 0 Å². The monoisotopic (exact) mass is 473 g/mol. The number of hydrogen-bond donors (Lipinski definition) is 3. The van der Waals surface area contributed by atoms with Crippen molar-refractivity contribution in [1.29, 1.82) is 0 Å². The molecule has 2 amide bonds. The maximum absolute atomic E-state index is 13.2. The number of allylic oxidation sites excluding steroid dienone is 5.